The summed E-state index contributed by atoms with van der Waals surface area (Å²) in [4.78, 5) is 2.44. The number of hydrogen-bond acceptors (Lipinski definition) is 4. The number of nitrogens with zero attached hydrogens (tertiary/aromatic N) is 3. The third kappa shape index (κ3) is 2.72. The van der Waals surface area contributed by atoms with Gasteiger partial charge in [-0.25, -0.2) is 0 Å². The molecule has 0 aliphatic carbocycles. The van der Waals surface area contributed by atoms with Crippen molar-refractivity contribution in [3.8, 4) is 5.75 Å². The molecule has 2 aliphatic heterocycles. The Balaban J connectivity index is 1.51. The highest BCUT2D eigenvalue weighted by molar-refractivity contribution is 5.42. The van der Waals surface area contributed by atoms with E-state index in [4.69, 9.17) is 4.74 Å². The quantitative estimate of drug-likeness (QED) is 0.939. The lowest BCUT2D eigenvalue weighted by Crippen LogP contribution is -2.30. The van der Waals surface area contributed by atoms with E-state index in [0.29, 0.717) is 0 Å². The van der Waals surface area contributed by atoms with Crippen LogP contribution >= 0.6 is 0 Å². The summed E-state index contributed by atoms with van der Waals surface area (Å²) >= 11 is 0. The van der Waals surface area contributed by atoms with E-state index in [0.717, 1.165) is 43.9 Å². The maximum atomic E-state index is 9.53. The van der Waals surface area contributed by atoms with Crippen LogP contribution in [0.4, 0.5) is 0 Å². The molecule has 4 rings (SSSR count). The van der Waals surface area contributed by atoms with E-state index >= 15 is 0 Å². The van der Waals surface area contributed by atoms with Crippen LogP contribution in [0.3, 0.4) is 0 Å². The largest absolute Gasteiger partial charge is 0.487 e. The maximum Gasteiger partial charge on any atom is 0.123 e. The van der Waals surface area contributed by atoms with E-state index in [1.165, 1.54) is 22.4 Å². The Morgan fingerprint density at radius 1 is 1.33 bits per heavy atom. The predicted molar refractivity (Wildman–Crippen MR) is 91.8 cm³/mol. The fourth-order valence-electron chi connectivity index (χ4n) is 4.01. The van der Waals surface area contributed by atoms with Crippen LogP contribution in [0.25, 0.3) is 0 Å². The molecule has 0 saturated heterocycles. The van der Waals surface area contributed by atoms with E-state index in [1.54, 1.807) is 0 Å². The van der Waals surface area contributed by atoms with Crippen LogP contribution in [-0.4, -0.2) is 31.9 Å². The van der Waals surface area contributed by atoms with E-state index in [1.807, 2.05) is 11.7 Å². The van der Waals surface area contributed by atoms with Crippen molar-refractivity contribution < 1.29 is 9.84 Å². The SMILES string of the molecule is Cn1nc(CO)c2c1CCN(Cc1ccc3c(c1)CC(C)(C)O3)C2. The summed E-state index contributed by atoms with van der Waals surface area (Å²) in [7, 11) is 1.97. The van der Waals surface area contributed by atoms with Crippen LogP contribution in [0.5, 0.6) is 5.75 Å². The summed E-state index contributed by atoms with van der Waals surface area (Å²) in [5.41, 5.74) is 5.84. The highest BCUT2D eigenvalue weighted by Gasteiger charge is 2.30. The summed E-state index contributed by atoms with van der Waals surface area (Å²) in [6.45, 7) is 7.10. The molecule has 2 aliphatic rings. The topological polar surface area (TPSA) is 50.5 Å². The minimum atomic E-state index is -0.0906. The van der Waals surface area contributed by atoms with Gasteiger partial charge in [0, 0.05) is 50.8 Å². The Hall–Kier alpha value is -1.85. The first-order chi connectivity index (χ1) is 11.4. The number of aromatic nitrogens is 2. The second-order valence-corrected chi connectivity index (χ2v) is 7.59. The number of fused-ring (bicyclic) bond motifs is 2. The molecule has 0 bridgehead atoms. The molecule has 1 N–H and O–H groups in total. The Morgan fingerprint density at radius 2 is 2.17 bits per heavy atom. The standard InChI is InChI=1S/C19H25N3O2/c1-19(2)9-14-8-13(4-5-18(14)24-19)10-22-7-6-17-15(11-22)16(12-23)20-21(17)3/h4-5,8,23H,6-7,9-12H2,1-3H3. The normalized spacial score (nSPS) is 19.0. The first-order valence-electron chi connectivity index (χ1n) is 8.63. The van der Waals surface area contributed by atoms with Gasteiger partial charge in [-0.1, -0.05) is 12.1 Å². The van der Waals surface area contributed by atoms with Crippen molar-refractivity contribution >= 4 is 0 Å². The summed E-state index contributed by atoms with van der Waals surface area (Å²) in [6.07, 6.45) is 1.96. The van der Waals surface area contributed by atoms with Crippen molar-refractivity contribution in [1.29, 1.82) is 0 Å². The van der Waals surface area contributed by atoms with Crippen LogP contribution in [0.2, 0.25) is 0 Å². The van der Waals surface area contributed by atoms with Crippen molar-refractivity contribution in [3.63, 3.8) is 0 Å². The monoisotopic (exact) mass is 327 g/mol. The minimum absolute atomic E-state index is 0.0162. The van der Waals surface area contributed by atoms with Crippen molar-refractivity contribution in [2.75, 3.05) is 6.54 Å². The zero-order valence-corrected chi connectivity index (χ0v) is 14.7. The molecule has 0 amide bonds. The van der Waals surface area contributed by atoms with Crippen LogP contribution in [0, 0.1) is 0 Å². The molecule has 5 nitrogen and oxygen atoms in total. The molecule has 1 aromatic heterocycles. The van der Waals surface area contributed by atoms with Gasteiger partial charge in [-0.2, -0.15) is 5.10 Å². The Morgan fingerprint density at radius 3 is 2.96 bits per heavy atom. The second-order valence-electron chi connectivity index (χ2n) is 7.59. The smallest absolute Gasteiger partial charge is 0.123 e. The van der Waals surface area contributed by atoms with Gasteiger partial charge in [0.2, 0.25) is 0 Å². The number of benzene rings is 1. The van der Waals surface area contributed by atoms with Gasteiger partial charge in [-0.3, -0.25) is 9.58 Å². The number of ether oxygens (including phenoxy) is 1. The van der Waals surface area contributed by atoms with Gasteiger partial charge in [-0.15, -0.1) is 0 Å². The van der Waals surface area contributed by atoms with Gasteiger partial charge >= 0.3 is 0 Å². The van der Waals surface area contributed by atoms with Gasteiger partial charge in [0.15, 0.2) is 0 Å². The lowest BCUT2D eigenvalue weighted by Gasteiger charge is -2.27. The number of aliphatic hydroxyl groups excluding tert-OH is 1. The predicted octanol–water partition coefficient (Wildman–Crippen LogP) is 2.18. The summed E-state index contributed by atoms with van der Waals surface area (Å²) in [6, 6.07) is 6.57. The minimum Gasteiger partial charge on any atom is -0.487 e. The average molecular weight is 327 g/mol. The lowest BCUT2D eigenvalue weighted by molar-refractivity contribution is 0.138. The Kier molecular flexibility index (Phi) is 3.66. The van der Waals surface area contributed by atoms with E-state index < -0.39 is 0 Å². The third-order valence-corrected chi connectivity index (χ3v) is 5.09. The van der Waals surface area contributed by atoms with Crippen molar-refractivity contribution in [2.45, 2.75) is 52.0 Å². The molecule has 0 saturated carbocycles. The van der Waals surface area contributed by atoms with E-state index in [2.05, 4.69) is 42.0 Å². The highest BCUT2D eigenvalue weighted by Crippen LogP contribution is 2.35. The summed E-state index contributed by atoms with van der Waals surface area (Å²) < 4.78 is 7.89. The number of hydrogen-bond donors (Lipinski definition) is 1. The molecule has 2 aromatic rings. The van der Waals surface area contributed by atoms with Gasteiger partial charge in [0.05, 0.1) is 12.3 Å². The molecule has 0 unspecified atom stereocenters. The molecular formula is C19H25N3O2. The lowest BCUT2D eigenvalue weighted by atomic mass is 9.99. The average Bonchev–Trinajstić information content (AvgIpc) is 3.02. The van der Waals surface area contributed by atoms with Crippen LogP contribution < -0.4 is 4.74 Å². The first kappa shape index (κ1) is 15.7. The van der Waals surface area contributed by atoms with Crippen LogP contribution in [0.1, 0.15) is 41.9 Å². The summed E-state index contributed by atoms with van der Waals surface area (Å²) in [5.74, 6) is 1.03. The molecule has 0 fully saturated rings. The number of rotatable bonds is 3. The number of aliphatic hydroxyl groups is 1. The molecule has 5 heteroatoms. The zero-order valence-electron chi connectivity index (χ0n) is 14.7. The molecule has 0 radical (unpaired) electrons. The molecular weight excluding hydrogens is 302 g/mol. The zero-order chi connectivity index (χ0) is 16.9. The molecule has 24 heavy (non-hydrogen) atoms. The van der Waals surface area contributed by atoms with Crippen molar-refractivity contribution in [1.82, 2.24) is 14.7 Å². The maximum absolute atomic E-state index is 9.53. The van der Waals surface area contributed by atoms with Crippen molar-refractivity contribution in [2.24, 2.45) is 7.05 Å². The fraction of sp³-hybridized carbons (Fsp3) is 0.526. The van der Waals surface area contributed by atoms with Crippen LogP contribution in [0.15, 0.2) is 18.2 Å². The third-order valence-electron chi connectivity index (χ3n) is 5.09. The van der Waals surface area contributed by atoms with Crippen LogP contribution in [-0.2, 0) is 39.6 Å². The van der Waals surface area contributed by atoms with Gasteiger partial charge in [0.1, 0.15) is 11.4 Å². The molecule has 0 spiro atoms. The Labute approximate surface area is 142 Å². The highest BCUT2D eigenvalue weighted by atomic mass is 16.5. The number of aryl methyl sites for hydroxylation is 1. The summed E-state index contributed by atoms with van der Waals surface area (Å²) in [5, 5.41) is 14.0. The fourth-order valence-corrected chi connectivity index (χ4v) is 4.01. The van der Waals surface area contributed by atoms with E-state index in [-0.39, 0.29) is 12.2 Å². The van der Waals surface area contributed by atoms with Gasteiger partial charge in [-0.05, 0) is 31.0 Å². The molecule has 0 atom stereocenters. The molecule has 3 heterocycles. The molecule has 128 valence electrons. The first-order valence-corrected chi connectivity index (χ1v) is 8.63. The van der Waals surface area contributed by atoms with E-state index in [9.17, 15) is 5.11 Å². The van der Waals surface area contributed by atoms with Gasteiger partial charge < -0.3 is 9.84 Å². The Bertz CT molecular complexity index is 779. The molecule has 1 aromatic carbocycles. The van der Waals surface area contributed by atoms with Crippen molar-refractivity contribution in [3.05, 3.63) is 46.3 Å². The second kappa shape index (κ2) is 5.60. The van der Waals surface area contributed by atoms with Gasteiger partial charge in [0.25, 0.3) is 0 Å².